The van der Waals surface area contributed by atoms with Crippen molar-refractivity contribution >= 4 is 21.6 Å². The molecule has 1 saturated carbocycles. The van der Waals surface area contributed by atoms with Gasteiger partial charge < -0.3 is 10.1 Å². The van der Waals surface area contributed by atoms with Crippen LogP contribution in [0, 0.1) is 6.92 Å². The summed E-state index contributed by atoms with van der Waals surface area (Å²) in [5.41, 5.74) is 1.82. The Labute approximate surface area is 160 Å². The molecule has 0 saturated heterocycles. The van der Waals surface area contributed by atoms with Gasteiger partial charge in [-0.05, 0) is 68.1 Å². The zero-order valence-corrected chi connectivity index (χ0v) is 16.3. The molecule has 0 atom stereocenters. The first-order valence-corrected chi connectivity index (χ1v) is 10.5. The van der Waals surface area contributed by atoms with E-state index < -0.39 is 10.0 Å². The van der Waals surface area contributed by atoms with Crippen molar-refractivity contribution in [2.24, 2.45) is 0 Å². The van der Waals surface area contributed by atoms with Crippen LogP contribution in [0.25, 0.3) is 0 Å². The van der Waals surface area contributed by atoms with E-state index in [-0.39, 0.29) is 16.8 Å². The Morgan fingerprint density at radius 3 is 2.63 bits per heavy atom. The summed E-state index contributed by atoms with van der Waals surface area (Å²) in [4.78, 5) is 12.7. The lowest BCUT2D eigenvalue weighted by Gasteiger charge is -2.12. The molecule has 0 spiro atoms. The number of carbonyl (C=O) groups is 1. The number of nitrogens with one attached hydrogen (secondary N) is 2. The molecule has 1 aliphatic rings. The number of carbonyl (C=O) groups excluding carboxylic acids is 1. The van der Waals surface area contributed by atoms with Crippen LogP contribution in [0.4, 0.5) is 5.69 Å². The van der Waals surface area contributed by atoms with E-state index in [1.807, 2.05) is 19.9 Å². The summed E-state index contributed by atoms with van der Waals surface area (Å²) in [5, 5.41) is 2.83. The molecule has 1 fully saturated rings. The second-order valence-electron chi connectivity index (χ2n) is 6.70. The molecule has 2 N–H and O–H groups in total. The van der Waals surface area contributed by atoms with Crippen molar-refractivity contribution < 1.29 is 17.9 Å². The monoisotopic (exact) mass is 388 g/mol. The Morgan fingerprint density at radius 2 is 1.96 bits per heavy atom. The van der Waals surface area contributed by atoms with E-state index >= 15 is 0 Å². The molecule has 0 bridgehead atoms. The summed E-state index contributed by atoms with van der Waals surface area (Å²) in [5.74, 6) is 0.399. The molecule has 0 heterocycles. The summed E-state index contributed by atoms with van der Waals surface area (Å²) >= 11 is 0. The van der Waals surface area contributed by atoms with Gasteiger partial charge in [-0.3, -0.25) is 4.79 Å². The van der Waals surface area contributed by atoms with Gasteiger partial charge in [-0.1, -0.05) is 13.0 Å². The quantitative estimate of drug-likeness (QED) is 0.725. The predicted octanol–water partition coefficient (Wildman–Crippen LogP) is 3.48. The van der Waals surface area contributed by atoms with Crippen molar-refractivity contribution in [3.05, 3.63) is 53.6 Å². The smallest absolute Gasteiger partial charge is 0.255 e. The van der Waals surface area contributed by atoms with Crippen LogP contribution in [0.5, 0.6) is 5.75 Å². The van der Waals surface area contributed by atoms with Crippen LogP contribution >= 0.6 is 0 Å². The van der Waals surface area contributed by atoms with Crippen molar-refractivity contribution in [3.8, 4) is 5.75 Å². The fourth-order valence-corrected chi connectivity index (χ4v) is 3.92. The highest BCUT2D eigenvalue weighted by Gasteiger charge is 2.28. The normalized spacial score (nSPS) is 14.0. The number of benzene rings is 2. The maximum absolute atomic E-state index is 12.6. The minimum atomic E-state index is -3.60. The number of ether oxygens (including phenoxy) is 1. The minimum absolute atomic E-state index is 0.0172. The third-order valence-electron chi connectivity index (χ3n) is 4.22. The fourth-order valence-electron chi connectivity index (χ4n) is 2.57. The van der Waals surface area contributed by atoms with Gasteiger partial charge in [-0.25, -0.2) is 13.1 Å². The first-order valence-electron chi connectivity index (χ1n) is 9.06. The predicted molar refractivity (Wildman–Crippen MR) is 105 cm³/mol. The number of aryl methyl sites for hydroxylation is 1. The van der Waals surface area contributed by atoms with E-state index in [1.54, 1.807) is 24.3 Å². The molecule has 7 heteroatoms. The number of rotatable bonds is 8. The van der Waals surface area contributed by atoms with E-state index in [4.69, 9.17) is 4.74 Å². The fraction of sp³-hybridized carbons (Fsp3) is 0.350. The zero-order valence-electron chi connectivity index (χ0n) is 15.5. The van der Waals surface area contributed by atoms with Gasteiger partial charge in [0.2, 0.25) is 10.0 Å². The lowest BCUT2D eigenvalue weighted by molar-refractivity contribution is 0.102. The molecule has 1 amide bonds. The van der Waals surface area contributed by atoms with Gasteiger partial charge in [-0.15, -0.1) is 0 Å². The van der Waals surface area contributed by atoms with E-state index in [1.165, 1.54) is 12.1 Å². The average Bonchev–Trinajstić information content (AvgIpc) is 3.45. The van der Waals surface area contributed by atoms with E-state index in [2.05, 4.69) is 10.0 Å². The van der Waals surface area contributed by atoms with Gasteiger partial charge >= 0.3 is 0 Å². The van der Waals surface area contributed by atoms with Gasteiger partial charge in [0.15, 0.2) is 0 Å². The van der Waals surface area contributed by atoms with Gasteiger partial charge in [0.1, 0.15) is 5.75 Å². The van der Waals surface area contributed by atoms with Gasteiger partial charge in [0, 0.05) is 17.3 Å². The third kappa shape index (κ3) is 5.08. The molecular formula is C20H24N2O4S. The van der Waals surface area contributed by atoms with Crippen LogP contribution in [0.3, 0.4) is 0 Å². The molecule has 0 unspecified atom stereocenters. The molecule has 2 aromatic rings. The van der Waals surface area contributed by atoms with Gasteiger partial charge in [0.25, 0.3) is 5.91 Å². The van der Waals surface area contributed by atoms with Crippen molar-refractivity contribution in [1.29, 1.82) is 0 Å². The summed E-state index contributed by atoms with van der Waals surface area (Å²) in [6, 6.07) is 11.5. The molecule has 27 heavy (non-hydrogen) atoms. The largest absolute Gasteiger partial charge is 0.494 e. The Kier molecular flexibility index (Phi) is 5.82. The molecule has 1 aliphatic carbocycles. The van der Waals surface area contributed by atoms with Crippen LogP contribution < -0.4 is 14.8 Å². The lowest BCUT2D eigenvalue weighted by Crippen LogP contribution is -2.26. The number of hydrogen-bond acceptors (Lipinski definition) is 4. The lowest BCUT2D eigenvalue weighted by atomic mass is 10.1. The third-order valence-corrected chi connectivity index (χ3v) is 5.74. The highest BCUT2D eigenvalue weighted by molar-refractivity contribution is 7.89. The van der Waals surface area contributed by atoms with Crippen molar-refractivity contribution in [2.75, 3.05) is 11.9 Å². The second kappa shape index (κ2) is 8.10. The Balaban J connectivity index is 1.73. The van der Waals surface area contributed by atoms with Gasteiger partial charge in [0.05, 0.1) is 11.5 Å². The number of sulfonamides is 1. The number of amides is 1. The van der Waals surface area contributed by atoms with Crippen LogP contribution in [-0.4, -0.2) is 27.0 Å². The molecule has 6 nitrogen and oxygen atoms in total. The zero-order chi connectivity index (χ0) is 19.4. The second-order valence-corrected chi connectivity index (χ2v) is 8.42. The number of hydrogen-bond donors (Lipinski definition) is 2. The van der Waals surface area contributed by atoms with E-state index in [0.29, 0.717) is 17.9 Å². The molecule has 0 aromatic heterocycles. The maximum Gasteiger partial charge on any atom is 0.255 e. The number of anilines is 1. The summed E-state index contributed by atoms with van der Waals surface area (Å²) in [6.45, 7) is 4.56. The molecule has 0 radical (unpaired) electrons. The van der Waals surface area contributed by atoms with Crippen molar-refractivity contribution in [2.45, 2.75) is 44.0 Å². The van der Waals surface area contributed by atoms with Crippen LogP contribution in [-0.2, 0) is 10.0 Å². The topological polar surface area (TPSA) is 84.5 Å². The Bertz CT molecular complexity index is 937. The van der Waals surface area contributed by atoms with E-state index in [0.717, 1.165) is 30.6 Å². The minimum Gasteiger partial charge on any atom is -0.494 e. The van der Waals surface area contributed by atoms with Crippen molar-refractivity contribution in [1.82, 2.24) is 4.72 Å². The standard InChI is InChI=1S/C20H24N2O4S/c1-3-11-26-17-9-10-19(14(2)12-17)21-20(23)15-5-4-6-18(13-15)27(24,25)22-16-7-8-16/h4-6,9-10,12-13,16,22H,3,7-8,11H2,1-2H3,(H,21,23). The SMILES string of the molecule is CCCOc1ccc(NC(=O)c2cccc(S(=O)(=O)NC3CC3)c2)c(C)c1. The first kappa shape index (κ1) is 19.4. The Hall–Kier alpha value is -2.38. The van der Waals surface area contributed by atoms with E-state index in [9.17, 15) is 13.2 Å². The van der Waals surface area contributed by atoms with Crippen LogP contribution in [0.2, 0.25) is 0 Å². The average molecular weight is 388 g/mol. The first-order chi connectivity index (χ1) is 12.9. The summed E-state index contributed by atoms with van der Waals surface area (Å²) in [7, 11) is -3.60. The molecule has 144 valence electrons. The highest BCUT2D eigenvalue weighted by Crippen LogP contribution is 2.24. The summed E-state index contributed by atoms with van der Waals surface area (Å²) in [6.07, 6.45) is 2.64. The van der Waals surface area contributed by atoms with Crippen LogP contribution in [0.15, 0.2) is 47.4 Å². The van der Waals surface area contributed by atoms with Crippen molar-refractivity contribution in [3.63, 3.8) is 0 Å². The highest BCUT2D eigenvalue weighted by atomic mass is 32.2. The molecule has 2 aromatic carbocycles. The molecular weight excluding hydrogens is 364 g/mol. The molecule has 0 aliphatic heterocycles. The maximum atomic E-state index is 12.6. The van der Waals surface area contributed by atoms with Gasteiger partial charge in [-0.2, -0.15) is 0 Å². The summed E-state index contributed by atoms with van der Waals surface area (Å²) < 4.78 is 32.9. The van der Waals surface area contributed by atoms with Crippen LogP contribution in [0.1, 0.15) is 42.1 Å². The Morgan fingerprint density at radius 1 is 1.19 bits per heavy atom. The molecule has 3 rings (SSSR count).